The number of likely N-dealkylation sites (tertiary alicyclic amines) is 1. The summed E-state index contributed by atoms with van der Waals surface area (Å²) >= 11 is 0. The summed E-state index contributed by atoms with van der Waals surface area (Å²) in [6, 6.07) is 5.60. The minimum atomic E-state index is -1.69. The molecule has 0 aromatic heterocycles. The smallest absolute Gasteiger partial charge is 0.254 e. The molecule has 0 radical (unpaired) electrons. The van der Waals surface area contributed by atoms with Gasteiger partial charge in [0.25, 0.3) is 5.91 Å². The standard InChI is InChI=1S/C18H14F4N2O2/c19-11-5-3-10(4-6-11)18(26)24-9-1-2-14(24)17(25)23-13-8-7-12(20)15(21)16(13)22/h3-8,14H,1-2,9H2,(H,23,25). The van der Waals surface area contributed by atoms with Crippen LogP contribution in [-0.2, 0) is 4.79 Å². The monoisotopic (exact) mass is 366 g/mol. The topological polar surface area (TPSA) is 49.4 Å². The molecule has 2 aromatic carbocycles. The van der Waals surface area contributed by atoms with Gasteiger partial charge >= 0.3 is 0 Å². The van der Waals surface area contributed by atoms with Gasteiger partial charge in [0, 0.05) is 12.1 Å². The van der Waals surface area contributed by atoms with Crippen molar-refractivity contribution in [2.45, 2.75) is 18.9 Å². The van der Waals surface area contributed by atoms with Crippen molar-refractivity contribution < 1.29 is 27.2 Å². The van der Waals surface area contributed by atoms with Gasteiger partial charge in [-0.25, -0.2) is 17.6 Å². The molecule has 1 fully saturated rings. The zero-order chi connectivity index (χ0) is 18.8. The van der Waals surface area contributed by atoms with Crippen LogP contribution in [0.3, 0.4) is 0 Å². The summed E-state index contributed by atoms with van der Waals surface area (Å²) in [6.07, 6.45) is 0.884. The Morgan fingerprint density at radius 2 is 1.65 bits per heavy atom. The van der Waals surface area contributed by atoms with Gasteiger partial charge in [-0.15, -0.1) is 0 Å². The summed E-state index contributed by atoms with van der Waals surface area (Å²) in [4.78, 5) is 26.2. The predicted octanol–water partition coefficient (Wildman–Crippen LogP) is 3.49. The molecular formula is C18H14F4N2O2. The molecule has 0 aliphatic carbocycles. The Hall–Kier alpha value is -2.90. The number of halogens is 4. The number of nitrogens with zero attached hydrogens (tertiary/aromatic N) is 1. The van der Waals surface area contributed by atoms with Crippen molar-refractivity contribution in [1.29, 1.82) is 0 Å². The molecule has 1 unspecified atom stereocenters. The number of anilines is 1. The number of hydrogen-bond donors (Lipinski definition) is 1. The lowest BCUT2D eigenvalue weighted by Crippen LogP contribution is -2.43. The Balaban J connectivity index is 1.77. The molecule has 0 saturated carbocycles. The minimum Gasteiger partial charge on any atom is -0.327 e. The van der Waals surface area contributed by atoms with E-state index in [1.54, 1.807) is 0 Å². The molecule has 26 heavy (non-hydrogen) atoms. The van der Waals surface area contributed by atoms with Crippen LogP contribution >= 0.6 is 0 Å². The van der Waals surface area contributed by atoms with Gasteiger partial charge in [-0.1, -0.05) is 0 Å². The molecule has 2 aromatic rings. The minimum absolute atomic E-state index is 0.213. The second-order valence-electron chi connectivity index (χ2n) is 5.88. The van der Waals surface area contributed by atoms with Crippen LogP contribution in [0.4, 0.5) is 23.2 Å². The van der Waals surface area contributed by atoms with Gasteiger partial charge in [0.05, 0.1) is 5.69 Å². The number of carbonyl (C=O) groups is 2. The molecule has 1 atom stereocenters. The van der Waals surface area contributed by atoms with E-state index in [9.17, 15) is 27.2 Å². The van der Waals surface area contributed by atoms with Crippen LogP contribution in [0.15, 0.2) is 36.4 Å². The zero-order valence-electron chi connectivity index (χ0n) is 13.4. The average molecular weight is 366 g/mol. The van der Waals surface area contributed by atoms with E-state index in [2.05, 4.69) is 5.32 Å². The first-order valence-corrected chi connectivity index (χ1v) is 7.89. The first-order valence-electron chi connectivity index (χ1n) is 7.89. The first-order chi connectivity index (χ1) is 12.4. The molecule has 2 amide bonds. The Morgan fingerprint density at radius 1 is 0.962 bits per heavy atom. The molecule has 4 nitrogen and oxygen atoms in total. The predicted molar refractivity (Wildman–Crippen MR) is 85.4 cm³/mol. The van der Waals surface area contributed by atoms with Crippen LogP contribution in [0.2, 0.25) is 0 Å². The number of carbonyl (C=O) groups excluding carboxylic acids is 2. The first kappa shape index (κ1) is 17.9. The lowest BCUT2D eigenvalue weighted by Gasteiger charge is -2.24. The van der Waals surface area contributed by atoms with E-state index >= 15 is 0 Å². The summed E-state index contributed by atoms with van der Waals surface area (Å²) in [5, 5.41) is 2.19. The largest absolute Gasteiger partial charge is 0.327 e. The molecule has 136 valence electrons. The van der Waals surface area contributed by atoms with Crippen LogP contribution in [0.1, 0.15) is 23.2 Å². The van der Waals surface area contributed by atoms with E-state index in [-0.39, 0.29) is 5.56 Å². The van der Waals surface area contributed by atoms with Gasteiger partial charge in [0.2, 0.25) is 5.91 Å². The molecule has 1 saturated heterocycles. The molecule has 8 heteroatoms. The highest BCUT2D eigenvalue weighted by atomic mass is 19.2. The van der Waals surface area contributed by atoms with Gasteiger partial charge in [-0.2, -0.15) is 0 Å². The third-order valence-electron chi connectivity index (χ3n) is 4.20. The maximum Gasteiger partial charge on any atom is 0.254 e. The molecular weight excluding hydrogens is 352 g/mol. The lowest BCUT2D eigenvalue weighted by atomic mass is 10.1. The van der Waals surface area contributed by atoms with E-state index in [1.807, 2.05) is 0 Å². The quantitative estimate of drug-likeness (QED) is 0.668. The molecule has 1 N–H and O–H groups in total. The van der Waals surface area contributed by atoms with Gasteiger partial charge < -0.3 is 10.2 Å². The number of nitrogens with one attached hydrogen (secondary N) is 1. The Labute approximate surface area is 146 Å². The van der Waals surface area contributed by atoms with E-state index in [0.29, 0.717) is 25.5 Å². The number of benzene rings is 2. The molecule has 1 heterocycles. The fourth-order valence-electron chi connectivity index (χ4n) is 2.88. The fourth-order valence-corrected chi connectivity index (χ4v) is 2.88. The third kappa shape index (κ3) is 3.40. The summed E-state index contributed by atoms with van der Waals surface area (Å²) < 4.78 is 53.0. The number of amides is 2. The van der Waals surface area contributed by atoms with Gasteiger partial charge in [-0.05, 0) is 49.2 Å². The van der Waals surface area contributed by atoms with Crippen molar-refractivity contribution in [2.75, 3.05) is 11.9 Å². The molecule has 3 rings (SSSR count). The molecule has 0 spiro atoms. The van der Waals surface area contributed by atoms with Crippen molar-refractivity contribution in [3.05, 3.63) is 65.2 Å². The highest BCUT2D eigenvalue weighted by Gasteiger charge is 2.35. The van der Waals surface area contributed by atoms with Crippen molar-refractivity contribution in [3.63, 3.8) is 0 Å². The normalized spacial score (nSPS) is 16.6. The van der Waals surface area contributed by atoms with Gasteiger partial charge in [0.15, 0.2) is 17.5 Å². The summed E-state index contributed by atoms with van der Waals surface area (Å²) in [6.45, 7) is 0.300. The second-order valence-corrected chi connectivity index (χ2v) is 5.88. The van der Waals surface area contributed by atoms with E-state index in [4.69, 9.17) is 0 Å². The summed E-state index contributed by atoms with van der Waals surface area (Å²) in [7, 11) is 0. The van der Waals surface area contributed by atoms with Crippen LogP contribution < -0.4 is 5.32 Å². The van der Waals surface area contributed by atoms with Crippen LogP contribution in [0, 0.1) is 23.3 Å². The molecule has 1 aliphatic heterocycles. The maximum atomic E-state index is 13.7. The highest BCUT2D eigenvalue weighted by Crippen LogP contribution is 2.24. The highest BCUT2D eigenvalue weighted by molar-refractivity contribution is 6.01. The Kier molecular flexibility index (Phi) is 4.92. The van der Waals surface area contributed by atoms with Crippen LogP contribution in [0.5, 0.6) is 0 Å². The third-order valence-corrected chi connectivity index (χ3v) is 4.20. The average Bonchev–Trinajstić information content (AvgIpc) is 3.12. The molecule has 1 aliphatic rings. The Morgan fingerprint density at radius 3 is 2.35 bits per heavy atom. The number of rotatable bonds is 3. The summed E-state index contributed by atoms with van der Waals surface area (Å²) in [5.74, 6) is -6.22. The van der Waals surface area contributed by atoms with Crippen molar-refractivity contribution >= 4 is 17.5 Å². The lowest BCUT2D eigenvalue weighted by molar-refractivity contribution is -0.119. The van der Waals surface area contributed by atoms with E-state index in [0.717, 1.165) is 18.2 Å². The van der Waals surface area contributed by atoms with Crippen molar-refractivity contribution in [1.82, 2.24) is 4.90 Å². The van der Waals surface area contributed by atoms with Gasteiger partial charge in [0.1, 0.15) is 11.9 Å². The van der Waals surface area contributed by atoms with Crippen molar-refractivity contribution in [3.8, 4) is 0 Å². The zero-order valence-corrected chi connectivity index (χ0v) is 13.4. The van der Waals surface area contributed by atoms with Crippen LogP contribution in [0.25, 0.3) is 0 Å². The van der Waals surface area contributed by atoms with E-state index in [1.165, 1.54) is 17.0 Å². The van der Waals surface area contributed by atoms with Crippen LogP contribution in [-0.4, -0.2) is 29.3 Å². The van der Waals surface area contributed by atoms with Gasteiger partial charge in [-0.3, -0.25) is 9.59 Å². The van der Waals surface area contributed by atoms with Crippen molar-refractivity contribution in [2.24, 2.45) is 0 Å². The second kappa shape index (κ2) is 7.15. The maximum absolute atomic E-state index is 13.7. The Bertz CT molecular complexity index is 855. The summed E-state index contributed by atoms with van der Waals surface area (Å²) in [5.41, 5.74) is -0.292. The SMILES string of the molecule is O=C(Nc1ccc(F)c(F)c1F)C1CCCN1C(=O)c1ccc(F)cc1. The fraction of sp³-hybridized carbons (Fsp3) is 0.222. The van der Waals surface area contributed by atoms with E-state index < -0.39 is 46.8 Å². The molecule has 0 bridgehead atoms. The number of hydrogen-bond acceptors (Lipinski definition) is 2.